The Kier molecular flexibility index (Phi) is 5.33. The smallest absolute Gasteiger partial charge is 0.240 e. The molecule has 0 aromatic carbocycles. The third-order valence-electron chi connectivity index (χ3n) is 3.72. The summed E-state index contributed by atoms with van der Waals surface area (Å²) in [6.07, 6.45) is 3.56. The third-order valence-corrected chi connectivity index (χ3v) is 4.97. The second kappa shape index (κ2) is 7.02. The summed E-state index contributed by atoms with van der Waals surface area (Å²) in [7, 11) is 0. The first-order valence-electron chi connectivity index (χ1n) is 7.48. The van der Waals surface area contributed by atoms with Crippen LogP contribution in [-0.4, -0.2) is 34.8 Å². The number of thiazole rings is 1. The number of carbonyl (C=O) groups excluding carboxylic acids is 2. The van der Waals surface area contributed by atoms with Crippen LogP contribution >= 0.6 is 11.3 Å². The first-order chi connectivity index (χ1) is 9.97. The van der Waals surface area contributed by atoms with Gasteiger partial charge in [-0.15, -0.1) is 11.3 Å². The first kappa shape index (κ1) is 15.9. The van der Waals surface area contributed by atoms with Gasteiger partial charge in [0, 0.05) is 17.8 Å². The van der Waals surface area contributed by atoms with Crippen LogP contribution in [0, 0.1) is 13.8 Å². The molecule has 0 bridgehead atoms. The zero-order valence-corrected chi connectivity index (χ0v) is 13.8. The molecule has 0 radical (unpaired) electrons. The Bertz CT molecular complexity index is 527. The third kappa shape index (κ3) is 4.27. The van der Waals surface area contributed by atoms with Crippen molar-refractivity contribution in [2.75, 3.05) is 13.1 Å². The lowest BCUT2D eigenvalue weighted by Gasteiger charge is -2.21. The fraction of sp³-hybridized carbons (Fsp3) is 0.667. The van der Waals surface area contributed by atoms with Gasteiger partial charge in [0.1, 0.15) is 0 Å². The number of hydrogen-bond acceptors (Lipinski definition) is 4. The van der Waals surface area contributed by atoms with Gasteiger partial charge in [-0.2, -0.15) is 0 Å². The van der Waals surface area contributed by atoms with Gasteiger partial charge in [-0.1, -0.05) is 6.42 Å². The molecule has 1 fully saturated rings. The van der Waals surface area contributed by atoms with E-state index in [1.165, 1.54) is 0 Å². The summed E-state index contributed by atoms with van der Waals surface area (Å²) in [4.78, 5) is 31.2. The molecule has 21 heavy (non-hydrogen) atoms. The number of amides is 2. The van der Waals surface area contributed by atoms with Crippen LogP contribution in [0.1, 0.15) is 54.2 Å². The molecule has 1 aliphatic rings. The molecule has 2 rings (SSSR count). The van der Waals surface area contributed by atoms with E-state index in [-0.39, 0.29) is 24.4 Å². The van der Waals surface area contributed by atoms with E-state index in [1.54, 1.807) is 16.2 Å². The molecule has 1 aliphatic heterocycles. The van der Waals surface area contributed by atoms with Crippen LogP contribution in [0.3, 0.4) is 0 Å². The number of hydrogen-bond donors (Lipinski definition) is 1. The van der Waals surface area contributed by atoms with Crippen LogP contribution in [-0.2, 0) is 9.59 Å². The molecule has 1 aromatic heterocycles. The molecular formula is C15H23N3O2S. The Labute approximate surface area is 129 Å². The molecule has 1 N–H and O–H groups in total. The molecular weight excluding hydrogens is 286 g/mol. The molecule has 2 amide bonds. The van der Waals surface area contributed by atoms with E-state index >= 15 is 0 Å². The van der Waals surface area contributed by atoms with Crippen LogP contribution in [0.25, 0.3) is 0 Å². The summed E-state index contributed by atoms with van der Waals surface area (Å²) >= 11 is 1.61. The average Bonchev–Trinajstić information content (AvgIpc) is 2.62. The van der Waals surface area contributed by atoms with Gasteiger partial charge in [0.05, 0.1) is 23.3 Å². The van der Waals surface area contributed by atoms with Crippen LogP contribution in [0.4, 0.5) is 0 Å². The van der Waals surface area contributed by atoms with Crippen molar-refractivity contribution in [3.63, 3.8) is 0 Å². The summed E-state index contributed by atoms with van der Waals surface area (Å²) in [5.41, 5.74) is 0.969. The van der Waals surface area contributed by atoms with Gasteiger partial charge in [-0.25, -0.2) is 4.98 Å². The van der Waals surface area contributed by atoms with Crippen LogP contribution in [0.15, 0.2) is 0 Å². The van der Waals surface area contributed by atoms with E-state index in [0.717, 1.165) is 34.8 Å². The lowest BCUT2D eigenvalue weighted by atomic mass is 10.2. The number of aromatic nitrogens is 1. The molecule has 5 nitrogen and oxygen atoms in total. The summed E-state index contributed by atoms with van der Waals surface area (Å²) < 4.78 is 0. The van der Waals surface area contributed by atoms with Crippen LogP contribution in [0.5, 0.6) is 0 Å². The normalized spacial score (nSPS) is 17.5. The number of carbonyl (C=O) groups is 2. The predicted octanol–water partition coefficient (Wildman–Crippen LogP) is 2.34. The van der Waals surface area contributed by atoms with Crippen molar-refractivity contribution >= 4 is 23.2 Å². The summed E-state index contributed by atoms with van der Waals surface area (Å²) in [6, 6.07) is -0.0641. The quantitative estimate of drug-likeness (QED) is 0.928. The standard InChI is InChI=1S/C15H23N3O2S/c1-10-15(21-12(3)16-10)11(2)17-13(19)9-18-8-6-4-5-7-14(18)20/h11H,4-9H2,1-3H3,(H,17,19). The minimum Gasteiger partial charge on any atom is -0.347 e. The fourth-order valence-electron chi connectivity index (χ4n) is 2.68. The molecule has 2 heterocycles. The van der Waals surface area contributed by atoms with E-state index < -0.39 is 0 Å². The lowest BCUT2D eigenvalue weighted by molar-refractivity contribution is -0.135. The highest BCUT2D eigenvalue weighted by Crippen LogP contribution is 2.24. The van der Waals surface area contributed by atoms with Gasteiger partial charge in [0.25, 0.3) is 0 Å². The van der Waals surface area contributed by atoms with E-state index in [4.69, 9.17) is 0 Å². The first-order valence-corrected chi connectivity index (χ1v) is 8.30. The number of rotatable bonds is 4. The highest BCUT2D eigenvalue weighted by atomic mass is 32.1. The van der Waals surface area contributed by atoms with Gasteiger partial charge in [-0.05, 0) is 33.6 Å². The molecule has 1 atom stereocenters. The molecule has 6 heteroatoms. The maximum atomic E-state index is 12.2. The number of aryl methyl sites for hydroxylation is 2. The number of nitrogens with zero attached hydrogens (tertiary/aromatic N) is 2. The Hall–Kier alpha value is -1.43. The minimum absolute atomic E-state index is 0.0641. The zero-order valence-electron chi connectivity index (χ0n) is 12.9. The monoisotopic (exact) mass is 309 g/mol. The summed E-state index contributed by atoms with van der Waals surface area (Å²) in [6.45, 7) is 6.74. The van der Waals surface area contributed by atoms with Crippen molar-refractivity contribution in [1.29, 1.82) is 0 Å². The molecule has 0 aliphatic carbocycles. The zero-order chi connectivity index (χ0) is 15.4. The fourth-order valence-corrected chi connectivity index (χ4v) is 3.61. The maximum Gasteiger partial charge on any atom is 0.240 e. The second-order valence-corrected chi connectivity index (χ2v) is 6.83. The molecule has 1 aromatic rings. The van der Waals surface area contributed by atoms with Gasteiger partial charge >= 0.3 is 0 Å². The average molecular weight is 309 g/mol. The van der Waals surface area contributed by atoms with Gasteiger partial charge in [0.15, 0.2) is 0 Å². The highest BCUT2D eigenvalue weighted by Gasteiger charge is 2.21. The van der Waals surface area contributed by atoms with Crippen molar-refractivity contribution in [2.24, 2.45) is 0 Å². The molecule has 1 saturated heterocycles. The summed E-state index contributed by atoms with van der Waals surface area (Å²) in [5.74, 6) is 0.00308. The van der Waals surface area contributed by atoms with Gasteiger partial charge < -0.3 is 10.2 Å². The molecule has 0 saturated carbocycles. The van der Waals surface area contributed by atoms with Crippen molar-refractivity contribution in [1.82, 2.24) is 15.2 Å². The van der Waals surface area contributed by atoms with Crippen LogP contribution in [0.2, 0.25) is 0 Å². The van der Waals surface area contributed by atoms with Crippen LogP contribution < -0.4 is 5.32 Å². The number of nitrogens with one attached hydrogen (secondary N) is 1. The second-order valence-electron chi connectivity index (χ2n) is 5.60. The molecule has 0 spiro atoms. The van der Waals surface area contributed by atoms with Crippen molar-refractivity contribution in [2.45, 2.75) is 52.5 Å². The van der Waals surface area contributed by atoms with Crippen molar-refractivity contribution in [3.8, 4) is 0 Å². The Morgan fingerprint density at radius 3 is 2.81 bits per heavy atom. The Balaban J connectivity index is 1.91. The SMILES string of the molecule is Cc1nc(C)c(C(C)NC(=O)CN2CCCCCC2=O)s1. The molecule has 1 unspecified atom stereocenters. The minimum atomic E-state index is -0.0943. The highest BCUT2D eigenvalue weighted by molar-refractivity contribution is 7.11. The largest absolute Gasteiger partial charge is 0.347 e. The van der Waals surface area contributed by atoms with Gasteiger partial charge in [-0.3, -0.25) is 9.59 Å². The van der Waals surface area contributed by atoms with E-state index in [0.29, 0.717) is 13.0 Å². The summed E-state index contributed by atoms with van der Waals surface area (Å²) in [5, 5.41) is 3.98. The Morgan fingerprint density at radius 2 is 2.14 bits per heavy atom. The van der Waals surface area contributed by atoms with E-state index in [2.05, 4.69) is 10.3 Å². The molecule has 116 valence electrons. The van der Waals surface area contributed by atoms with E-state index in [9.17, 15) is 9.59 Å². The lowest BCUT2D eigenvalue weighted by Crippen LogP contribution is -2.41. The number of likely N-dealkylation sites (tertiary alicyclic amines) is 1. The van der Waals surface area contributed by atoms with Gasteiger partial charge in [0.2, 0.25) is 11.8 Å². The predicted molar refractivity (Wildman–Crippen MR) is 83.2 cm³/mol. The van der Waals surface area contributed by atoms with Crippen molar-refractivity contribution < 1.29 is 9.59 Å². The Morgan fingerprint density at radius 1 is 1.38 bits per heavy atom. The van der Waals surface area contributed by atoms with Crippen molar-refractivity contribution in [3.05, 3.63) is 15.6 Å². The van der Waals surface area contributed by atoms with E-state index in [1.807, 2.05) is 20.8 Å². The maximum absolute atomic E-state index is 12.2. The topological polar surface area (TPSA) is 62.3 Å².